The monoisotopic (exact) mass is 281 g/mol. The van der Waals surface area contributed by atoms with Gasteiger partial charge >= 0.3 is 0 Å². The van der Waals surface area contributed by atoms with Crippen molar-refractivity contribution in [2.45, 2.75) is 0 Å². The number of thiocarbonyl (C=S) groups is 1. The number of hydrogen-bond acceptors (Lipinski definition) is 3. The topological polar surface area (TPSA) is 50.9 Å². The fourth-order valence-electron chi connectivity index (χ4n) is 1.49. The van der Waals surface area contributed by atoms with Crippen molar-refractivity contribution in [1.82, 2.24) is 4.98 Å². The summed E-state index contributed by atoms with van der Waals surface area (Å²) in [4.78, 5) is 4.20. The van der Waals surface area contributed by atoms with Gasteiger partial charge in [0.2, 0.25) is 0 Å². The molecule has 0 atom stereocenters. The van der Waals surface area contributed by atoms with Crippen LogP contribution in [0, 0.1) is 5.82 Å². The van der Waals surface area contributed by atoms with Gasteiger partial charge in [0, 0.05) is 22.5 Å². The summed E-state index contributed by atoms with van der Waals surface area (Å²) in [6.45, 7) is 0. The predicted molar refractivity (Wildman–Crippen MR) is 74.8 cm³/mol. The van der Waals surface area contributed by atoms with E-state index in [0.29, 0.717) is 22.0 Å². The molecule has 0 saturated heterocycles. The lowest BCUT2D eigenvalue weighted by Crippen LogP contribution is -2.12. The average molecular weight is 282 g/mol. The van der Waals surface area contributed by atoms with Crippen LogP contribution in [0.1, 0.15) is 5.56 Å². The zero-order valence-electron chi connectivity index (χ0n) is 9.15. The van der Waals surface area contributed by atoms with Crippen molar-refractivity contribution in [3.05, 3.63) is 53.1 Å². The quantitative estimate of drug-likeness (QED) is 0.848. The third-order valence-electron chi connectivity index (χ3n) is 2.23. The van der Waals surface area contributed by atoms with Crippen molar-refractivity contribution in [1.29, 1.82) is 0 Å². The average Bonchev–Trinajstić information content (AvgIpc) is 2.27. The summed E-state index contributed by atoms with van der Waals surface area (Å²) in [6, 6.07) is 5.83. The molecule has 92 valence electrons. The molecule has 2 aromatic rings. The van der Waals surface area contributed by atoms with Crippen LogP contribution in [0.3, 0.4) is 0 Å². The van der Waals surface area contributed by atoms with Gasteiger partial charge in [-0.15, -0.1) is 0 Å². The molecule has 0 fully saturated rings. The summed E-state index contributed by atoms with van der Waals surface area (Å²) >= 11 is 10.7. The maximum absolute atomic E-state index is 13.2. The van der Waals surface area contributed by atoms with E-state index in [1.165, 1.54) is 12.1 Å². The first-order chi connectivity index (χ1) is 8.56. The molecular formula is C12H9ClFN3S. The van der Waals surface area contributed by atoms with Crippen LogP contribution in [0.5, 0.6) is 0 Å². The van der Waals surface area contributed by atoms with Crippen LogP contribution in [-0.4, -0.2) is 9.97 Å². The summed E-state index contributed by atoms with van der Waals surface area (Å²) in [5, 5.41) is 3.29. The minimum absolute atomic E-state index is 0.238. The molecule has 1 aromatic carbocycles. The van der Waals surface area contributed by atoms with E-state index in [1.807, 2.05) is 0 Å². The lowest BCUT2D eigenvalue weighted by molar-refractivity contribution is 0.628. The zero-order valence-corrected chi connectivity index (χ0v) is 10.7. The fourth-order valence-corrected chi connectivity index (χ4v) is 1.89. The lowest BCUT2D eigenvalue weighted by atomic mass is 10.2. The van der Waals surface area contributed by atoms with Gasteiger partial charge < -0.3 is 11.1 Å². The molecule has 0 aliphatic carbocycles. The normalized spacial score (nSPS) is 10.1. The van der Waals surface area contributed by atoms with Crippen LogP contribution in [0.2, 0.25) is 5.02 Å². The first-order valence-electron chi connectivity index (χ1n) is 5.03. The Kier molecular flexibility index (Phi) is 3.74. The van der Waals surface area contributed by atoms with E-state index in [-0.39, 0.29) is 4.99 Å². The molecule has 0 aliphatic rings. The SMILES string of the molecule is NC(=S)c1ccncc1Nc1cc(F)cc(Cl)c1. The first kappa shape index (κ1) is 12.7. The third kappa shape index (κ3) is 2.94. The van der Waals surface area contributed by atoms with E-state index in [0.717, 1.165) is 0 Å². The summed E-state index contributed by atoms with van der Waals surface area (Å²) in [5.74, 6) is -0.425. The van der Waals surface area contributed by atoms with Crippen molar-refractivity contribution in [2.75, 3.05) is 5.32 Å². The van der Waals surface area contributed by atoms with Gasteiger partial charge in [0.15, 0.2) is 0 Å². The molecule has 0 spiro atoms. The van der Waals surface area contributed by atoms with Crippen LogP contribution in [0.15, 0.2) is 36.7 Å². The standard InChI is InChI=1S/C12H9ClFN3S/c13-7-3-8(14)5-9(4-7)17-11-6-16-2-1-10(11)12(15)18/h1-6,17H,(H2,15,18). The van der Waals surface area contributed by atoms with Crippen molar-refractivity contribution in [3.63, 3.8) is 0 Å². The second kappa shape index (κ2) is 5.29. The van der Waals surface area contributed by atoms with E-state index >= 15 is 0 Å². The lowest BCUT2D eigenvalue weighted by Gasteiger charge is -2.10. The third-order valence-corrected chi connectivity index (χ3v) is 2.67. The van der Waals surface area contributed by atoms with Gasteiger partial charge in [-0.3, -0.25) is 4.98 Å². The molecule has 0 unspecified atom stereocenters. The summed E-state index contributed by atoms with van der Waals surface area (Å²) in [5.41, 5.74) is 7.34. The Labute approximate surface area is 114 Å². The Balaban J connectivity index is 2.37. The largest absolute Gasteiger partial charge is 0.389 e. The molecule has 1 heterocycles. The Morgan fingerprint density at radius 3 is 2.83 bits per heavy atom. The number of anilines is 2. The number of nitrogens with one attached hydrogen (secondary N) is 1. The highest BCUT2D eigenvalue weighted by Crippen LogP contribution is 2.23. The highest BCUT2D eigenvalue weighted by molar-refractivity contribution is 7.80. The molecule has 6 heteroatoms. The summed E-state index contributed by atoms with van der Waals surface area (Å²) in [6.07, 6.45) is 3.14. The van der Waals surface area contributed by atoms with Gasteiger partial charge in [-0.25, -0.2) is 4.39 Å². The number of hydrogen-bond donors (Lipinski definition) is 2. The smallest absolute Gasteiger partial charge is 0.126 e. The highest BCUT2D eigenvalue weighted by atomic mass is 35.5. The summed E-state index contributed by atoms with van der Waals surface area (Å²) < 4.78 is 13.2. The second-order valence-electron chi connectivity index (χ2n) is 3.57. The van der Waals surface area contributed by atoms with Crippen LogP contribution in [0.4, 0.5) is 15.8 Å². The molecule has 0 saturated carbocycles. The molecule has 0 bridgehead atoms. The second-order valence-corrected chi connectivity index (χ2v) is 4.44. The molecule has 0 amide bonds. The zero-order chi connectivity index (χ0) is 13.1. The number of aromatic nitrogens is 1. The Hall–Kier alpha value is -1.72. The first-order valence-corrected chi connectivity index (χ1v) is 5.82. The molecule has 3 N–H and O–H groups in total. The van der Waals surface area contributed by atoms with E-state index in [9.17, 15) is 4.39 Å². The molecule has 3 nitrogen and oxygen atoms in total. The molecular weight excluding hydrogens is 273 g/mol. The molecule has 18 heavy (non-hydrogen) atoms. The van der Waals surface area contributed by atoms with Crippen molar-refractivity contribution < 1.29 is 4.39 Å². The minimum Gasteiger partial charge on any atom is -0.389 e. The van der Waals surface area contributed by atoms with Gasteiger partial charge in [0.25, 0.3) is 0 Å². The number of nitrogens with zero attached hydrogens (tertiary/aromatic N) is 1. The van der Waals surface area contributed by atoms with Gasteiger partial charge in [0.05, 0.1) is 11.9 Å². The number of halogens is 2. The van der Waals surface area contributed by atoms with Crippen molar-refractivity contribution in [3.8, 4) is 0 Å². The molecule has 0 radical (unpaired) electrons. The van der Waals surface area contributed by atoms with Crippen LogP contribution >= 0.6 is 23.8 Å². The van der Waals surface area contributed by atoms with E-state index in [2.05, 4.69) is 10.3 Å². The van der Waals surface area contributed by atoms with Gasteiger partial charge in [-0.1, -0.05) is 23.8 Å². The maximum Gasteiger partial charge on any atom is 0.126 e. The number of benzene rings is 1. The van der Waals surface area contributed by atoms with Crippen LogP contribution in [0.25, 0.3) is 0 Å². The maximum atomic E-state index is 13.2. The molecule has 2 rings (SSSR count). The van der Waals surface area contributed by atoms with Crippen molar-refractivity contribution >= 4 is 40.2 Å². The van der Waals surface area contributed by atoms with E-state index in [4.69, 9.17) is 29.6 Å². The number of pyridine rings is 1. The van der Waals surface area contributed by atoms with E-state index < -0.39 is 5.82 Å². The summed E-state index contributed by atoms with van der Waals surface area (Å²) in [7, 11) is 0. The Morgan fingerprint density at radius 2 is 2.17 bits per heavy atom. The van der Waals surface area contributed by atoms with Crippen LogP contribution in [-0.2, 0) is 0 Å². The number of nitrogens with two attached hydrogens (primary N) is 1. The van der Waals surface area contributed by atoms with Gasteiger partial charge in [-0.2, -0.15) is 0 Å². The Bertz CT molecular complexity index is 583. The van der Waals surface area contributed by atoms with Crippen LogP contribution < -0.4 is 11.1 Å². The van der Waals surface area contributed by atoms with Gasteiger partial charge in [0.1, 0.15) is 10.8 Å². The van der Waals surface area contributed by atoms with Gasteiger partial charge in [-0.05, 0) is 24.3 Å². The van der Waals surface area contributed by atoms with Crippen molar-refractivity contribution in [2.24, 2.45) is 5.73 Å². The number of rotatable bonds is 3. The highest BCUT2D eigenvalue weighted by Gasteiger charge is 2.06. The van der Waals surface area contributed by atoms with E-state index in [1.54, 1.807) is 24.5 Å². The molecule has 1 aromatic heterocycles. The predicted octanol–water partition coefficient (Wildman–Crippen LogP) is 3.25. The minimum atomic E-state index is -0.425. The Morgan fingerprint density at radius 1 is 1.39 bits per heavy atom. The fraction of sp³-hybridized carbons (Fsp3) is 0. The molecule has 0 aliphatic heterocycles.